The zero-order valence-electron chi connectivity index (χ0n) is 9.68. The van der Waals surface area contributed by atoms with Gasteiger partial charge < -0.3 is 10.1 Å². The molecule has 1 saturated heterocycles. The normalized spacial score (nSPS) is 15.4. The number of carbonyl (C=O) groups is 1. The van der Waals surface area contributed by atoms with Crippen molar-refractivity contribution in [3.63, 3.8) is 0 Å². The average Bonchev–Trinajstić information content (AvgIpc) is 2.26. The van der Waals surface area contributed by atoms with E-state index in [1.54, 1.807) is 0 Å². The Morgan fingerprint density at radius 3 is 2.94 bits per heavy atom. The molecular formula is C11H15N3O3. The SMILES string of the molecule is CCCn1nc(C(=O)NC2COC2)ccc1=O. The van der Waals surface area contributed by atoms with Gasteiger partial charge in [0.15, 0.2) is 0 Å². The molecule has 1 fully saturated rings. The van der Waals surface area contributed by atoms with Gasteiger partial charge in [-0.3, -0.25) is 9.59 Å². The Hall–Kier alpha value is -1.69. The number of amides is 1. The van der Waals surface area contributed by atoms with Crippen LogP contribution in [-0.2, 0) is 11.3 Å². The number of aromatic nitrogens is 2. The number of rotatable bonds is 4. The van der Waals surface area contributed by atoms with Crippen molar-refractivity contribution in [3.05, 3.63) is 28.2 Å². The topological polar surface area (TPSA) is 73.2 Å². The second kappa shape index (κ2) is 5.09. The lowest BCUT2D eigenvalue weighted by molar-refractivity contribution is -0.00358. The molecule has 1 aromatic heterocycles. The van der Waals surface area contributed by atoms with Gasteiger partial charge in [-0.2, -0.15) is 5.10 Å². The molecule has 2 rings (SSSR count). The van der Waals surface area contributed by atoms with Crippen LogP contribution in [-0.4, -0.2) is 34.9 Å². The predicted molar refractivity (Wildman–Crippen MR) is 60.9 cm³/mol. The fourth-order valence-corrected chi connectivity index (χ4v) is 1.52. The lowest BCUT2D eigenvalue weighted by Gasteiger charge is -2.26. The van der Waals surface area contributed by atoms with E-state index in [2.05, 4.69) is 10.4 Å². The summed E-state index contributed by atoms with van der Waals surface area (Å²) >= 11 is 0. The maximum Gasteiger partial charge on any atom is 0.272 e. The van der Waals surface area contributed by atoms with Crippen molar-refractivity contribution < 1.29 is 9.53 Å². The number of nitrogens with zero attached hydrogens (tertiary/aromatic N) is 2. The van der Waals surface area contributed by atoms with Crippen molar-refractivity contribution in [1.29, 1.82) is 0 Å². The van der Waals surface area contributed by atoms with Crippen LogP contribution in [0.1, 0.15) is 23.8 Å². The Morgan fingerprint density at radius 2 is 2.35 bits per heavy atom. The van der Waals surface area contributed by atoms with Crippen LogP contribution in [0.4, 0.5) is 0 Å². The second-order valence-corrected chi connectivity index (χ2v) is 3.99. The summed E-state index contributed by atoms with van der Waals surface area (Å²) in [5, 5.41) is 6.80. The minimum Gasteiger partial charge on any atom is -0.377 e. The molecule has 2 heterocycles. The largest absolute Gasteiger partial charge is 0.377 e. The minimum absolute atomic E-state index is 0.0656. The smallest absolute Gasteiger partial charge is 0.272 e. The highest BCUT2D eigenvalue weighted by molar-refractivity contribution is 5.92. The first-order chi connectivity index (χ1) is 8.20. The van der Waals surface area contributed by atoms with Gasteiger partial charge in [0, 0.05) is 12.6 Å². The molecule has 1 N–H and O–H groups in total. The first-order valence-corrected chi connectivity index (χ1v) is 5.67. The monoisotopic (exact) mass is 237 g/mol. The first-order valence-electron chi connectivity index (χ1n) is 5.67. The van der Waals surface area contributed by atoms with Crippen LogP contribution in [0.3, 0.4) is 0 Å². The van der Waals surface area contributed by atoms with Gasteiger partial charge in [-0.1, -0.05) is 6.92 Å². The highest BCUT2D eigenvalue weighted by Crippen LogP contribution is 2.01. The van der Waals surface area contributed by atoms with Crippen LogP contribution in [0, 0.1) is 0 Å². The molecule has 1 amide bonds. The third kappa shape index (κ3) is 2.71. The van der Waals surface area contributed by atoms with Crippen molar-refractivity contribution in [2.45, 2.75) is 25.9 Å². The van der Waals surface area contributed by atoms with E-state index in [4.69, 9.17) is 4.74 Å². The van der Waals surface area contributed by atoms with Gasteiger partial charge in [0.05, 0.1) is 19.3 Å². The van der Waals surface area contributed by atoms with E-state index in [0.717, 1.165) is 6.42 Å². The van der Waals surface area contributed by atoms with Gasteiger partial charge in [0.2, 0.25) is 0 Å². The molecule has 0 atom stereocenters. The molecule has 0 unspecified atom stereocenters. The molecule has 6 nitrogen and oxygen atoms in total. The third-order valence-corrected chi connectivity index (χ3v) is 2.51. The lowest BCUT2D eigenvalue weighted by atomic mass is 10.2. The summed E-state index contributed by atoms with van der Waals surface area (Å²) in [5.74, 6) is -0.261. The number of hydrogen-bond donors (Lipinski definition) is 1. The number of ether oxygens (including phenoxy) is 1. The molecule has 0 bridgehead atoms. The van der Waals surface area contributed by atoms with Crippen molar-refractivity contribution >= 4 is 5.91 Å². The highest BCUT2D eigenvalue weighted by atomic mass is 16.5. The molecule has 0 saturated carbocycles. The second-order valence-electron chi connectivity index (χ2n) is 3.99. The molecule has 0 aromatic carbocycles. The molecule has 1 aromatic rings. The average molecular weight is 237 g/mol. The summed E-state index contributed by atoms with van der Waals surface area (Å²) in [4.78, 5) is 23.2. The highest BCUT2D eigenvalue weighted by Gasteiger charge is 2.21. The standard InChI is InChI=1S/C11H15N3O3/c1-2-5-14-10(15)4-3-9(13-14)11(16)12-8-6-17-7-8/h3-4,8H,2,5-7H2,1H3,(H,12,16). The van der Waals surface area contributed by atoms with E-state index < -0.39 is 0 Å². The van der Waals surface area contributed by atoms with Crippen molar-refractivity contribution in [2.24, 2.45) is 0 Å². The quantitative estimate of drug-likeness (QED) is 0.786. The maximum absolute atomic E-state index is 11.8. The first kappa shape index (κ1) is 11.8. The summed E-state index contributed by atoms with van der Waals surface area (Å²) in [6.07, 6.45) is 0.800. The Labute approximate surface area is 98.6 Å². The van der Waals surface area contributed by atoms with Crippen LogP contribution in [0.25, 0.3) is 0 Å². The van der Waals surface area contributed by atoms with E-state index in [-0.39, 0.29) is 23.2 Å². The number of carbonyl (C=O) groups excluding carboxylic acids is 1. The molecule has 17 heavy (non-hydrogen) atoms. The van der Waals surface area contributed by atoms with Crippen LogP contribution < -0.4 is 10.9 Å². The van der Waals surface area contributed by atoms with E-state index in [0.29, 0.717) is 19.8 Å². The maximum atomic E-state index is 11.8. The molecule has 0 radical (unpaired) electrons. The van der Waals surface area contributed by atoms with Gasteiger partial charge >= 0.3 is 0 Å². The Morgan fingerprint density at radius 1 is 1.59 bits per heavy atom. The molecule has 6 heteroatoms. The zero-order chi connectivity index (χ0) is 12.3. The molecule has 0 aliphatic carbocycles. The van der Waals surface area contributed by atoms with Gasteiger partial charge in [-0.25, -0.2) is 4.68 Å². The zero-order valence-corrected chi connectivity index (χ0v) is 9.68. The van der Waals surface area contributed by atoms with Gasteiger partial charge in [0.25, 0.3) is 11.5 Å². The van der Waals surface area contributed by atoms with E-state index in [9.17, 15) is 9.59 Å². The molecule has 1 aliphatic rings. The Balaban J connectivity index is 2.11. The van der Waals surface area contributed by atoms with Crippen LogP contribution in [0.15, 0.2) is 16.9 Å². The van der Waals surface area contributed by atoms with Gasteiger partial charge in [-0.05, 0) is 12.5 Å². The van der Waals surface area contributed by atoms with Crippen LogP contribution in [0.2, 0.25) is 0 Å². The van der Waals surface area contributed by atoms with Crippen LogP contribution >= 0.6 is 0 Å². The van der Waals surface area contributed by atoms with Crippen molar-refractivity contribution in [2.75, 3.05) is 13.2 Å². The molecule has 0 spiro atoms. The lowest BCUT2D eigenvalue weighted by Crippen LogP contribution is -2.49. The number of hydrogen-bond acceptors (Lipinski definition) is 4. The Bertz CT molecular complexity index is 465. The molecular weight excluding hydrogens is 222 g/mol. The fourth-order valence-electron chi connectivity index (χ4n) is 1.52. The van der Waals surface area contributed by atoms with Gasteiger partial charge in [0.1, 0.15) is 5.69 Å². The molecule has 1 aliphatic heterocycles. The summed E-state index contributed by atoms with van der Waals surface area (Å²) in [6, 6.07) is 2.88. The number of nitrogens with one attached hydrogen (secondary N) is 1. The van der Waals surface area contributed by atoms with E-state index in [1.165, 1.54) is 16.8 Å². The fraction of sp³-hybridized carbons (Fsp3) is 0.545. The summed E-state index contributed by atoms with van der Waals surface area (Å²) < 4.78 is 6.27. The van der Waals surface area contributed by atoms with Crippen molar-refractivity contribution in [3.8, 4) is 0 Å². The van der Waals surface area contributed by atoms with Crippen molar-refractivity contribution in [1.82, 2.24) is 15.1 Å². The minimum atomic E-state index is -0.261. The summed E-state index contributed by atoms with van der Waals surface area (Å²) in [5.41, 5.74) is 0.0836. The van der Waals surface area contributed by atoms with E-state index in [1.807, 2.05) is 6.92 Å². The molecule has 92 valence electrons. The van der Waals surface area contributed by atoms with E-state index >= 15 is 0 Å². The Kier molecular flexibility index (Phi) is 3.53. The van der Waals surface area contributed by atoms with Crippen LogP contribution in [0.5, 0.6) is 0 Å². The summed E-state index contributed by atoms with van der Waals surface area (Å²) in [6.45, 7) is 3.56. The van der Waals surface area contributed by atoms with Gasteiger partial charge in [-0.15, -0.1) is 0 Å². The predicted octanol–water partition coefficient (Wildman–Crippen LogP) is -0.218. The third-order valence-electron chi connectivity index (χ3n) is 2.51. The summed E-state index contributed by atoms with van der Waals surface area (Å²) in [7, 11) is 0. The number of aryl methyl sites for hydroxylation is 1.